The van der Waals surface area contributed by atoms with E-state index in [0.29, 0.717) is 12.5 Å². The molecule has 1 aromatic carbocycles. The van der Waals surface area contributed by atoms with Crippen molar-refractivity contribution in [1.82, 2.24) is 9.97 Å². The van der Waals surface area contributed by atoms with Crippen molar-refractivity contribution in [2.75, 3.05) is 19.8 Å². The van der Waals surface area contributed by atoms with Crippen molar-refractivity contribution in [3.63, 3.8) is 0 Å². The average molecular weight is 243 g/mol. The maximum Gasteiger partial charge on any atom is 0.110 e. The molecular weight excluding hydrogens is 226 g/mol. The Morgan fingerprint density at radius 2 is 2.22 bits per heavy atom. The predicted molar refractivity (Wildman–Crippen MR) is 69.6 cm³/mol. The lowest BCUT2D eigenvalue weighted by atomic mass is 9.78. The molecule has 0 radical (unpaired) electrons. The summed E-state index contributed by atoms with van der Waals surface area (Å²) in [5.41, 5.74) is 9.40. The number of imidazole rings is 1. The average Bonchev–Trinajstić information content (AvgIpc) is 3.09. The van der Waals surface area contributed by atoms with Gasteiger partial charge in [0.1, 0.15) is 5.82 Å². The van der Waals surface area contributed by atoms with Crippen molar-refractivity contribution in [2.45, 2.75) is 24.2 Å². The van der Waals surface area contributed by atoms with E-state index in [1.807, 2.05) is 0 Å². The second-order valence-electron chi connectivity index (χ2n) is 5.61. The normalized spacial score (nSPS) is 22.1. The van der Waals surface area contributed by atoms with Gasteiger partial charge < -0.3 is 15.5 Å². The van der Waals surface area contributed by atoms with Crippen LogP contribution in [0, 0.1) is 0 Å². The molecule has 1 saturated heterocycles. The van der Waals surface area contributed by atoms with Crippen molar-refractivity contribution >= 4 is 11.0 Å². The highest BCUT2D eigenvalue weighted by atomic mass is 16.5. The predicted octanol–water partition coefficient (Wildman–Crippen LogP) is 1.67. The fraction of sp³-hybridized carbons (Fsp3) is 0.500. The summed E-state index contributed by atoms with van der Waals surface area (Å²) in [6.07, 6.45) is 2.54. The quantitative estimate of drug-likeness (QED) is 0.861. The van der Waals surface area contributed by atoms with Crippen LogP contribution in [0.4, 0.5) is 0 Å². The summed E-state index contributed by atoms with van der Waals surface area (Å²) in [5.74, 6) is 1.81. The van der Waals surface area contributed by atoms with Crippen LogP contribution in [0.1, 0.15) is 30.1 Å². The topological polar surface area (TPSA) is 63.9 Å². The van der Waals surface area contributed by atoms with Gasteiger partial charge in [0, 0.05) is 12.5 Å². The minimum atomic E-state index is 0.0268. The SMILES string of the molecule is NCC1(c2ccc3nc(C4CC4)[nH]c3c2)COC1. The molecular formula is C14H17N3O. The summed E-state index contributed by atoms with van der Waals surface area (Å²) >= 11 is 0. The van der Waals surface area contributed by atoms with Crippen LogP contribution in [-0.4, -0.2) is 29.7 Å². The number of hydrogen-bond donors (Lipinski definition) is 2. The molecule has 0 unspecified atom stereocenters. The van der Waals surface area contributed by atoms with Crippen LogP contribution >= 0.6 is 0 Å². The third-order valence-corrected chi connectivity index (χ3v) is 4.22. The zero-order valence-corrected chi connectivity index (χ0v) is 10.3. The number of nitrogens with zero attached hydrogens (tertiary/aromatic N) is 1. The number of aromatic nitrogens is 2. The zero-order valence-electron chi connectivity index (χ0n) is 10.3. The molecule has 1 aliphatic heterocycles. The molecule has 1 aliphatic carbocycles. The first kappa shape index (κ1) is 10.5. The van der Waals surface area contributed by atoms with Gasteiger partial charge in [-0.05, 0) is 30.5 Å². The van der Waals surface area contributed by atoms with E-state index in [2.05, 4.69) is 28.2 Å². The van der Waals surface area contributed by atoms with Gasteiger partial charge >= 0.3 is 0 Å². The molecule has 4 nitrogen and oxygen atoms in total. The largest absolute Gasteiger partial charge is 0.379 e. The third kappa shape index (κ3) is 1.42. The van der Waals surface area contributed by atoms with Crippen molar-refractivity contribution < 1.29 is 4.74 Å². The fourth-order valence-electron chi connectivity index (χ4n) is 2.66. The molecule has 2 fully saturated rings. The van der Waals surface area contributed by atoms with Crippen LogP contribution in [-0.2, 0) is 10.2 Å². The lowest BCUT2D eigenvalue weighted by Crippen LogP contribution is -2.52. The molecule has 2 aromatic rings. The van der Waals surface area contributed by atoms with Gasteiger partial charge in [0.2, 0.25) is 0 Å². The summed E-state index contributed by atoms with van der Waals surface area (Å²) in [5, 5.41) is 0. The summed E-state index contributed by atoms with van der Waals surface area (Å²) in [6.45, 7) is 2.11. The number of hydrogen-bond acceptors (Lipinski definition) is 3. The minimum Gasteiger partial charge on any atom is -0.379 e. The fourth-order valence-corrected chi connectivity index (χ4v) is 2.66. The van der Waals surface area contributed by atoms with E-state index in [0.717, 1.165) is 30.1 Å². The lowest BCUT2D eigenvalue weighted by molar-refractivity contribution is -0.0549. The number of rotatable bonds is 3. The van der Waals surface area contributed by atoms with Gasteiger partial charge in [-0.2, -0.15) is 0 Å². The molecule has 94 valence electrons. The molecule has 1 saturated carbocycles. The second kappa shape index (κ2) is 3.56. The van der Waals surface area contributed by atoms with Gasteiger partial charge in [-0.25, -0.2) is 4.98 Å². The van der Waals surface area contributed by atoms with Crippen molar-refractivity contribution in [1.29, 1.82) is 0 Å². The Kier molecular flexibility index (Phi) is 2.08. The smallest absolute Gasteiger partial charge is 0.110 e. The Bertz CT molecular complexity index is 591. The molecule has 3 N–H and O–H groups in total. The monoisotopic (exact) mass is 243 g/mol. The Balaban J connectivity index is 1.78. The van der Waals surface area contributed by atoms with Gasteiger partial charge in [-0.15, -0.1) is 0 Å². The molecule has 18 heavy (non-hydrogen) atoms. The van der Waals surface area contributed by atoms with Crippen LogP contribution < -0.4 is 5.73 Å². The van der Waals surface area contributed by atoms with Crippen molar-refractivity contribution in [3.05, 3.63) is 29.6 Å². The lowest BCUT2D eigenvalue weighted by Gasteiger charge is -2.41. The number of nitrogens with two attached hydrogens (primary N) is 1. The molecule has 0 amide bonds. The maximum absolute atomic E-state index is 5.90. The van der Waals surface area contributed by atoms with Crippen molar-refractivity contribution in [2.24, 2.45) is 5.73 Å². The molecule has 1 aromatic heterocycles. The van der Waals surface area contributed by atoms with E-state index in [1.54, 1.807) is 0 Å². The molecule has 2 aliphatic rings. The van der Waals surface area contributed by atoms with Crippen LogP contribution in [0.25, 0.3) is 11.0 Å². The Hall–Kier alpha value is -1.39. The highest BCUT2D eigenvalue weighted by Gasteiger charge is 2.39. The molecule has 0 bridgehead atoms. The van der Waals surface area contributed by atoms with Gasteiger partial charge in [0.05, 0.1) is 29.7 Å². The molecule has 4 heteroatoms. The second-order valence-corrected chi connectivity index (χ2v) is 5.61. The number of benzene rings is 1. The molecule has 0 atom stereocenters. The third-order valence-electron chi connectivity index (χ3n) is 4.22. The molecule has 4 rings (SSSR count). The number of nitrogens with one attached hydrogen (secondary N) is 1. The van der Waals surface area contributed by atoms with E-state index in [-0.39, 0.29) is 5.41 Å². The maximum atomic E-state index is 5.90. The summed E-state index contributed by atoms with van der Waals surface area (Å²) < 4.78 is 5.34. The Morgan fingerprint density at radius 1 is 1.39 bits per heavy atom. The highest BCUT2D eigenvalue weighted by molar-refractivity contribution is 5.76. The first-order valence-electron chi connectivity index (χ1n) is 6.59. The number of fused-ring (bicyclic) bond motifs is 1. The Labute approximate surface area is 106 Å². The summed E-state index contributed by atoms with van der Waals surface area (Å²) in [6, 6.07) is 6.45. The first-order valence-corrected chi connectivity index (χ1v) is 6.59. The van der Waals surface area contributed by atoms with Crippen LogP contribution in [0.5, 0.6) is 0 Å². The van der Waals surface area contributed by atoms with Gasteiger partial charge in [-0.3, -0.25) is 0 Å². The molecule has 0 spiro atoms. The van der Waals surface area contributed by atoms with E-state index in [1.165, 1.54) is 18.4 Å². The highest BCUT2D eigenvalue weighted by Crippen LogP contribution is 2.39. The number of aromatic amines is 1. The van der Waals surface area contributed by atoms with Gasteiger partial charge in [-0.1, -0.05) is 6.07 Å². The van der Waals surface area contributed by atoms with E-state index >= 15 is 0 Å². The molecule has 2 heterocycles. The van der Waals surface area contributed by atoms with Gasteiger partial charge in [0.15, 0.2) is 0 Å². The van der Waals surface area contributed by atoms with Gasteiger partial charge in [0.25, 0.3) is 0 Å². The standard InChI is InChI=1S/C14H17N3O/c15-6-14(7-18-8-14)10-3-4-11-12(5-10)17-13(16-11)9-1-2-9/h3-5,9H,1-2,6-8,15H2,(H,16,17). The van der Waals surface area contributed by atoms with Crippen LogP contribution in [0.15, 0.2) is 18.2 Å². The van der Waals surface area contributed by atoms with Crippen LogP contribution in [0.3, 0.4) is 0 Å². The number of H-pyrrole nitrogens is 1. The van der Waals surface area contributed by atoms with E-state index in [9.17, 15) is 0 Å². The minimum absolute atomic E-state index is 0.0268. The van der Waals surface area contributed by atoms with Crippen LogP contribution in [0.2, 0.25) is 0 Å². The van der Waals surface area contributed by atoms with E-state index in [4.69, 9.17) is 10.5 Å². The van der Waals surface area contributed by atoms with Crippen molar-refractivity contribution in [3.8, 4) is 0 Å². The number of ether oxygens (including phenoxy) is 1. The Morgan fingerprint density at radius 3 is 2.83 bits per heavy atom. The van der Waals surface area contributed by atoms with E-state index < -0.39 is 0 Å². The summed E-state index contributed by atoms with van der Waals surface area (Å²) in [4.78, 5) is 8.10. The first-order chi connectivity index (χ1) is 8.81. The summed E-state index contributed by atoms with van der Waals surface area (Å²) in [7, 11) is 0. The zero-order chi connectivity index (χ0) is 12.2.